The predicted molar refractivity (Wildman–Crippen MR) is 167 cm³/mol. The first-order valence-electron chi connectivity index (χ1n) is 17.8. The summed E-state index contributed by atoms with van der Waals surface area (Å²) in [6.07, 6.45) is 20.4. The molecule has 0 aromatic rings. The molecule has 0 bridgehead atoms. The second kappa shape index (κ2) is 12.9. The first-order chi connectivity index (χ1) is 20.2. The van der Waals surface area contributed by atoms with Gasteiger partial charge in [-0.05, 0) is 118 Å². The summed E-state index contributed by atoms with van der Waals surface area (Å²) in [5, 5.41) is 11.2. The van der Waals surface area contributed by atoms with E-state index in [-0.39, 0.29) is 41.7 Å². The Labute approximate surface area is 256 Å². The molecule has 0 aromatic carbocycles. The van der Waals surface area contributed by atoms with Crippen molar-refractivity contribution in [2.75, 3.05) is 13.2 Å². The van der Waals surface area contributed by atoms with Gasteiger partial charge in [-0.3, -0.25) is 0 Å². The Hall–Kier alpha value is -0.720. The number of aliphatic hydroxyl groups excluding tert-OH is 1. The van der Waals surface area contributed by atoms with Gasteiger partial charge in [0.1, 0.15) is 0 Å². The Morgan fingerprint density at radius 1 is 0.857 bits per heavy atom. The van der Waals surface area contributed by atoms with Crippen molar-refractivity contribution >= 4 is 0 Å². The number of ether oxygens (including phenoxy) is 4. The molecule has 2 aliphatic heterocycles. The van der Waals surface area contributed by atoms with E-state index in [1.54, 1.807) is 5.57 Å². The van der Waals surface area contributed by atoms with Crippen LogP contribution in [-0.2, 0) is 18.9 Å². The molecule has 3 saturated carbocycles. The van der Waals surface area contributed by atoms with Gasteiger partial charge in [0.25, 0.3) is 0 Å². The highest BCUT2D eigenvalue weighted by Crippen LogP contribution is 2.66. The molecule has 2 heterocycles. The fraction of sp³-hybridized carbons (Fsp3) is 0.892. The molecule has 6 rings (SSSR count). The molecule has 5 nitrogen and oxygen atoms in total. The highest BCUT2D eigenvalue weighted by molar-refractivity contribution is 5.40. The number of aliphatic hydroxyl groups is 1. The minimum absolute atomic E-state index is 0.0278. The molecule has 2 saturated heterocycles. The molecule has 238 valence electrons. The van der Waals surface area contributed by atoms with Crippen molar-refractivity contribution in [3.05, 3.63) is 23.3 Å². The van der Waals surface area contributed by atoms with Gasteiger partial charge in [-0.25, -0.2) is 0 Å². The molecule has 5 fully saturated rings. The van der Waals surface area contributed by atoms with E-state index in [2.05, 4.69) is 46.8 Å². The van der Waals surface area contributed by atoms with E-state index in [0.29, 0.717) is 29.6 Å². The quantitative estimate of drug-likeness (QED) is 0.295. The highest BCUT2D eigenvalue weighted by Gasteiger charge is 2.60. The fourth-order valence-electron chi connectivity index (χ4n) is 10.3. The van der Waals surface area contributed by atoms with E-state index in [4.69, 9.17) is 18.9 Å². The smallest absolute Gasteiger partial charge is 0.157 e. The van der Waals surface area contributed by atoms with Crippen LogP contribution in [-0.4, -0.2) is 49.2 Å². The van der Waals surface area contributed by atoms with Crippen molar-refractivity contribution in [1.82, 2.24) is 0 Å². The zero-order chi connectivity index (χ0) is 29.5. The molecule has 11 atom stereocenters. The molecule has 0 amide bonds. The average molecular weight is 585 g/mol. The van der Waals surface area contributed by atoms with Gasteiger partial charge in [0.2, 0.25) is 0 Å². The summed E-state index contributed by atoms with van der Waals surface area (Å²) in [6, 6.07) is 0. The van der Waals surface area contributed by atoms with E-state index in [0.717, 1.165) is 64.6 Å². The summed E-state index contributed by atoms with van der Waals surface area (Å²) in [5.41, 5.74) is 3.43. The second-order valence-corrected chi connectivity index (χ2v) is 15.8. The Balaban J connectivity index is 1.24. The topological polar surface area (TPSA) is 57.2 Å². The standard InChI is InChI=1S/C37H60O5/c1-24(2)12-17-32(38)25(3)29-15-16-30-28-14-13-26-22-27(41-34-10-6-8-20-39-34)23-33(42-35-11-7-9-21-40-35)37(26,5)31(28)18-19-36(29,30)4/h13-14,24-25,27,29-35,38H,6-12,15-23H2,1-5H3/t25-,27+,29+,30-,31-,32?,33-,34?,35?,36+,37-/m0/s1. The zero-order valence-electron chi connectivity index (χ0n) is 27.3. The maximum atomic E-state index is 11.2. The first-order valence-corrected chi connectivity index (χ1v) is 17.8. The molecule has 6 aliphatic rings. The lowest BCUT2D eigenvalue weighted by molar-refractivity contribution is -0.242. The van der Waals surface area contributed by atoms with Gasteiger partial charge in [-0.2, -0.15) is 0 Å². The van der Waals surface area contributed by atoms with E-state index in [1.165, 1.54) is 44.1 Å². The fourth-order valence-corrected chi connectivity index (χ4v) is 10.3. The van der Waals surface area contributed by atoms with Crippen LogP contribution in [0.1, 0.15) is 125 Å². The Morgan fingerprint density at radius 2 is 1.57 bits per heavy atom. The Bertz CT molecular complexity index is 977. The number of rotatable bonds is 9. The number of hydrogen-bond donors (Lipinski definition) is 1. The van der Waals surface area contributed by atoms with Crippen LogP contribution in [0.15, 0.2) is 23.3 Å². The van der Waals surface area contributed by atoms with E-state index in [1.807, 2.05) is 0 Å². The molecule has 3 unspecified atom stereocenters. The Morgan fingerprint density at radius 3 is 2.24 bits per heavy atom. The summed E-state index contributed by atoms with van der Waals surface area (Å²) < 4.78 is 25.8. The van der Waals surface area contributed by atoms with Crippen LogP contribution in [0.2, 0.25) is 0 Å². The van der Waals surface area contributed by atoms with Crippen molar-refractivity contribution in [3.63, 3.8) is 0 Å². The summed E-state index contributed by atoms with van der Waals surface area (Å²) in [7, 11) is 0. The third kappa shape index (κ3) is 5.96. The van der Waals surface area contributed by atoms with Crippen molar-refractivity contribution < 1.29 is 24.1 Å². The normalized spacial score (nSPS) is 43.5. The van der Waals surface area contributed by atoms with Gasteiger partial charge < -0.3 is 24.1 Å². The van der Waals surface area contributed by atoms with Crippen LogP contribution in [0, 0.1) is 40.4 Å². The van der Waals surface area contributed by atoms with Crippen molar-refractivity contribution in [3.8, 4) is 0 Å². The molecule has 0 spiro atoms. The molecule has 0 radical (unpaired) electrons. The largest absolute Gasteiger partial charge is 0.393 e. The van der Waals surface area contributed by atoms with Crippen LogP contribution >= 0.6 is 0 Å². The van der Waals surface area contributed by atoms with Crippen molar-refractivity contribution in [2.24, 2.45) is 40.4 Å². The Kier molecular flexibility index (Phi) is 9.64. The predicted octanol–water partition coefficient (Wildman–Crippen LogP) is 8.35. The number of allylic oxidation sites excluding steroid dienone is 3. The molecule has 4 aliphatic carbocycles. The van der Waals surface area contributed by atoms with Crippen molar-refractivity contribution in [2.45, 2.75) is 155 Å². The lowest BCUT2D eigenvalue weighted by Crippen LogP contribution is -2.55. The summed E-state index contributed by atoms with van der Waals surface area (Å²) in [4.78, 5) is 0. The van der Waals surface area contributed by atoms with Gasteiger partial charge in [-0.15, -0.1) is 0 Å². The SMILES string of the molecule is CC(C)CCC(O)[C@@H](C)[C@H]1CC[C@H]2C3=CC=C4C[C@@H](OC5CCCCO5)C[C@H](OC5CCCCO5)[C@]4(C)[C@H]3CC[C@]12C. The van der Waals surface area contributed by atoms with E-state index < -0.39 is 0 Å². The van der Waals surface area contributed by atoms with Crippen molar-refractivity contribution in [1.29, 1.82) is 0 Å². The third-order valence-electron chi connectivity index (χ3n) is 12.9. The van der Waals surface area contributed by atoms with E-state index >= 15 is 0 Å². The van der Waals surface area contributed by atoms with Crippen LogP contribution in [0.5, 0.6) is 0 Å². The van der Waals surface area contributed by atoms with Gasteiger partial charge in [0, 0.05) is 25.0 Å². The van der Waals surface area contributed by atoms with Gasteiger partial charge >= 0.3 is 0 Å². The van der Waals surface area contributed by atoms with Crippen LogP contribution in [0.4, 0.5) is 0 Å². The van der Waals surface area contributed by atoms with Gasteiger partial charge in [-0.1, -0.05) is 57.9 Å². The number of fused-ring (bicyclic) bond motifs is 5. The lowest BCUT2D eigenvalue weighted by atomic mass is 9.49. The number of hydrogen-bond acceptors (Lipinski definition) is 5. The summed E-state index contributed by atoms with van der Waals surface area (Å²) in [5.74, 6) is 2.71. The molecular weight excluding hydrogens is 524 g/mol. The molecule has 1 N–H and O–H groups in total. The first kappa shape index (κ1) is 31.3. The van der Waals surface area contributed by atoms with Crippen LogP contribution < -0.4 is 0 Å². The minimum Gasteiger partial charge on any atom is -0.393 e. The van der Waals surface area contributed by atoms with Crippen LogP contribution in [0.3, 0.4) is 0 Å². The highest BCUT2D eigenvalue weighted by atomic mass is 16.7. The second-order valence-electron chi connectivity index (χ2n) is 15.8. The maximum absolute atomic E-state index is 11.2. The maximum Gasteiger partial charge on any atom is 0.157 e. The average Bonchev–Trinajstić information content (AvgIpc) is 3.34. The molecule has 5 heteroatoms. The van der Waals surface area contributed by atoms with Crippen LogP contribution in [0.25, 0.3) is 0 Å². The molecule has 0 aromatic heterocycles. The lowest BCUT2D eigenvalue weighted by Gasteiger charge is -2.58. The zero-order valence-corrected chi connectivity index (χ0v) is 27.3. The van der Waals surface area contributed by atoms with Gasteiger partial charge in [0.15, 0.2) is 12.6 Å². The minimum atomic E-state index is -0.188. The van der Waals surface area contributed by atoms with E-state index in [9.17, 15) is 5.11 Å². The monoisotopic (exact) mass is 584 g/mol. The molecular formula is C37H60O5. The summed E-state index contributed by atoms with van der Waals surface area (Å²) in [6.45, 7) is 13.6. The molecule has 42 heavy (non-hydrogen) atoms. The third-order valence-corrected chi connectivity index (χ3v) is 12.9. The summed E-state index contributed by atoms with van der Waals surface area (Å²) >= 11 is 0. The van der Waals surface area contributed by atoms with Gasteiger partial charge in [0.05, 0.1) is 18.3 Å².